The van der Waals surface area contributed by atoms with E-state index in [0.29, 0.717) is 5.69 Å². The number of hydrogen-bond acceptors (Lipinski definition) is 5. The molecule has 18 heavy (non-hydrogen) atoms. The predicted molar refractivity (Wildman–Crippen MR) is 62.4 cm³/mol. The van der Waals surface area contributed by atoms with E-state index in [0.717, 1.165) is 5.56 Å². The number of hydrogen-bond donors (Lipinski definition) is 1. The van der Waals surface area contributed by atoms with E-state index in [4.69, 9.17) is 9.47 Å². The molecule has 1 aromatic heterocycles. The molecule has 0 fully saturated rings. The first kappa shape index (κ1) is 12.3. The smallest absolute Gasteiger partial charge is 0.340 e. The maximum atomic E-state index is 11.9. The molecule has 0 aliphatic carbocycles. The van der Waals surface area contributed by atoms with Crippen LogP contribution >= 0.6 is 0 Å². The van der Waals surface area contributed by atoms with Crippen molar-refractivity contribution in [1.82, 2.24) is 15.4 Å². The Morgan fingerprint density at radius 2 is 2.17 bits per heavy atom. The van der Waals surface area contributed by atoms with Gasteiger partial charge in [-0.2, -0.15) is 15.4 Å². The molecule has 0 aliphatic heterocycles. The van der Waals surface area contributed by atoms with E-state index in [1.165, 1.54) is 13.3 Å². The fraction of sp³-hybridized carbons (Fsp3) is 0.250. The molecule has 2 aromatic rings. The van der Waals surface area contributed by atoms with Crippen molar-refractivity contribution in [2.75, 3.05) is 7.11 Å². The maximum Gasteiger partial charge on any atom is 0.340 e. The van der Waals surface area contributed by atoms with Crippen LogP contribution in [0.15, 0.2) is 36.5 Å². The first-order valence-corrected chi connectivity index (χ1v) is 5.40. The first-order valence-electron chi connectivity index (χ1n) is 5.40. The molecule has 2 rings (SSSR count). The van der Waals surface area contributed by atoms with Crippen LogP contribution in [-0.4, -0.2) is 28.5 Å². The maximum absolute atomic E-state index is 11.9. The molecule has 6 heteroatoms. The molecule has 6 nitrogen and oxygen atoms in total. The number of esters is 1. The highest BCUT2D eigenvalue weighted by Gasteiger charge is 2.21. The molecule has 0 saturated carbocycles. The van der Waals surface area contributed by atoms with E-state index in [-0.39, 0.29) is 6.61 Å². The van der Waals surface area contributed by atoms with Crippen molar-refractivity contribution in [1.29, 1.82) is 0 Å². The van der Waals surface area contributed by atoms with E-state index in [1.54, 1.807) is 0 Å². The predicted octanol–water partition coefficient (Wildman–Crippen LogP) is 1.24. The van der Waals surface area contributed by atoms with E-state index < -0.39 is 12.1 Å². The van der Waals surface area contributed by atoms with Crippen LogP contribution in [0.2, 0.25) is 0 Å². The topological polar surface area (TPSA) is 77.1 Å². The molecular formula is C12H13N3O3. The number of ether oxygens (including phenoxy) is 2. The van der Waals surface area contributed by atoms with E-state index in [1.807, 2.05) is 30.3 Å². The number of benzene rings is 1. The normalized spacial score (nSPS) is 12.1. The lowest BCUT2D eigenvalue weighted by atomic mass is 10.1. The zero-order valence-electron chi connectivity index (χ0n) is 9.87. The largest absolute Gasteiger partial charge is 0.457 e. The van der Waals surface area contributed by atoms with Gasteiger partial charge in [-0.05, 0) is 5.56 Å². The Labute approximate surface area is 104 Å². The van der Waals surface area contributed by atoms with Crippen LogP contribution < -0.4 is 0 Å². The molecule has 1 N–H and O–H groups in total. The van der Waals surface area contributed by atoms with Crippen LogP contribution in [0.1, 0.15) is 17.4 Å². The van der Waals surface area contributed by atoms with Crippen molar-refractivity contribution < 1.29 is 14.3 Å². The highest BCUT2D eigenvalue weighted by molar-refractivity contribution is 5.76. The highest BCUT2D eigenvalue weighted by atomic mass is 16.6. The Kier molecular flexibility index (Phi) is 4.03. The Morgan fingerprint density at radius 3 is 2.78 bits per heavy atom. The second-order valence-electron chi connectivity index (χ2n) is 3.60. The molecule has 0 radical (unpaired) electrons. The fourth-order valence-electron chi connectivity index (χ4n) is 1.51. The average Bonchev–Trinajstić information content (AvgIpc) is 2.92. The van der Waals surface area contributed by atoms with Gasteiger partial charge in [0, 0.05) is 7.11 Å². The summed E-state index contributed by atoms with van der Waals surface area (Å²) in [6, 6.07) is 9.17. The number of H-pyrrole nitrogens is 1. The second-order valence-corrected chi connectivity index (χ2v) is 3.60. The lowest BCUT2D eigenvalue weighted by Gasteiger charge is -2.14. The molecular weight excluding hydrogens is 234 g/mol. The van der Waals surface area contributed by atoms with E-state index in [9.17, 15) is 4.79 Å². The lowest BCUT2D eigenvalue weighted by molar-refractivity contribution is -0.157. The van der Waals surface area contributed by atoms with Gasteiger partial charge in [0.1, 0.15) is 12.3 Å². The van der Waals surface area contributed by atoms with Crippen LogP contribution in [0.5, 0.6) is 0 Å². The second kappa shape index (κ2) is 5.92. The Balaban J connectivity index is 1.98. The number of rotatable bonds is 5. The summed E-state index contributed by atoms with van der Waals surface area (Å²) in [7, 11) is 1.47. The molecule has 0 bridgehead atoms. The van der Waals surface area contributed by atoms with Gasteiger partial charge in [0.15, 0.2) is 6.10 Å². The lowest BCUT2D eigenvalue weighted by Crippen LogP contribution is -2.17. The zero-order valence-corrected chi connectivity index (χ0v) is 9.87. The van der Waals surface area contributed by atoms with Crippen molar-refractivity contribution in [2.45, 2.75) is 12.7 Å². The minimum Gasteiger partial charge on any atom is -0.457 e. The molecule has 0 saturated heterocycles. The van der Waals surface area contributed by atoms with Crippen molar-refractivity contribution in [3.8, 4) is 0 Å². The number of aromatic nitrogens is 3. The van der Waals surface area contributed by atoms with Crippen molar-refractivity contribution in [3.63, 3.8) is 0 Å². The summed E-state index contributed by atoms with van der Waals surface area (Å²) in [5, 5.41) is 9.86. The number of methoxy groups -OCH3 is 1. The SMILES string of the molecule is CO[C@@H](C(=O)OCc1cn[nH]n1)c1ccccc1. The van der Waals surface area contributed by atoms with Gasteiger partial charge >= 0.3 is 5.97 Å². The van der Waals surface area contributed by atoms with E-state index >= 15 is 0 Å². The summed E-state index contributed by atoms with van der Waals surface area (Å²) < 4.78 is 10.3. The van der Waals surface area contributed by atoms with Gasteiger partial charge < -0.3 is 9.47 Å². The summed E-state index contributed by atoms with van der Waals surface area (Å²) in [5.74, 6) is -0.452. The van der Waals surface area contributed by atoms with Crippen molar-refractivity contribution in [3.05, 3.63) is 47.8 Å². The van der Waals surface area contributed by atoms with Crippen LogP contribution in [0, 0.1) is 0 Å². The van der Waals surface area contributed by atoms with Gasteiger partial charge in [-0.25, -0.2) is 4.79 Å². The number of carbonyl (C=O) groups is 1. The molecule has 94 valence electrons. The summed E-state index contributed by atoms with van der Waals surface area (Å²) in [6.07, 6.45) is 0.774. The van der Waals surface area contributed by atoms with Crippen LogP contribution in [0.25, 0.3) is 0 Å². The van der Waals surface area contributed by atoms with Gasteiger partial charge in [-0.3, -0.25) is 0 Å². The van der Waals surface area contributed by atoms with Gasteiger partial charge in [0.25, 0.3) is 0 Å². The molecule has 0 amide bonds. The monoisotopic (exact) mass is 247 g/mol. The van der Waals surface area contributed by atoms with Crippen LogP contribution in [0.4, 0.5) is 0 Å². The average molecular weight is 247 g/mol. The standard InChI is InChI=1S/C12H13N3O3/c1-17-11(9-5-3-2-4-6-9)12(16)18-8-10-7-13-15-14-10/h2-7,11H,8H2,1H3,(H,13,14,15)/t11-/m1/s1. The highest BCUT2D eigenvalue weighted by Crippen LogP contribution is 2.18. The minimum atomic E-state index is -0.724. The van der Waals surface area contributed by atoms with Crippen molar-refractivity contribution >= 4 is 5.97 Å². The molecule has 0 unspecified atom stereocenters. The Hall–Kier alpha value is -2.21. The van der Waals surface area contributed by atoms with Crippen LogP contribution in [-0.2, 0) is 20.9 Å². The summed E-state index contributed by atoms with van der Waals surface area (Å²) in [6.45, 7) is 0.0715. The first-order chi connectivity index (χ1) is 8.81. The molecule has 0 spiro atoms. The quantitative estimate of drug-likeness (QED) is 0.804. The number of carbonyl (C=O) groups excluding carboxylic acids is 1. The van der Waals surface area contributed by atoms with E-state index in [2.05, 4.69) is 15.4 Å². The van der Waals surface area contributed by atoms with Gasteiger partial charge in [-0.15, -0.1) is 0 Å². The molecule has 1 heterocycles. The Morgan fingerprint density at radius 1 is 1.39 bits per heavy atom. The van der Waals surface area contributed by atoms with Crippen molar-refractivity contribution in [2.24, 2.45) is 0 Å². The summed E-state index contributed by atoms with van der Waals surface area (Å²) >= 11 is 0. The minimum absolute atomic E-state index is 0.0715. The molecule has 1 atom stereocenters. The number of nitrogens with one attached hydrogen (secondary N) is 1. The summed E-state index contributed by atoms with van der Waals surface area (Å²) in [4.78, 5) is 11.9. The molecule has 0 aliphatic rings. The number of aromatic amines is 1. The third-order valence-electron chi connectivity index (χ3n) is 2.38. The fourth-order valence-corrected chi connectivity index (χ4v) is 1.51. The Bertz CT molecular complexity index is 485. The number of nitrogens with zero attached hydrogens (tertiary/aromatic N) is 2. The third kappa shape index (κ3) is 2.92. The van der Waals surface area contributed by atoms with Gasteiger partial charge in [0.05, 0.1) is 6.20 Å². The van der Waals surface area contributed by atoms with Gasteiger partial charge in [0.2, 0.25) is 0 Å². The third-order valence-corrected chi connectivity index (χ3v) is 2.38. The summed E-state index contributed by atoms with van der Waals surface area (Å²) in [5.41, 5.74) is 1.32. The van der Waals surface area contributed by atoms with Gasteiger partial charge in [-0.1, -0.05) is 30.3 Å². The zero-order chi connectivity index (χ0) is 12.8. The van der Waals surface area contributed by atoms with Crippen LogP contribution in [0.3, 0.4) is 0 Å². The molecule has 1 aromatic carbocycles.